The molecule has 0 saturated carbocycles. The molecule has 3 aromatic heterocycles. The average molecular weight is 1270 g/mol. The van der Waals surface area contributed by atoms with Gasteiger partial charge in [-0.3, -0.25) is 0 Å². The predicted octanol–water partition coefficient (Wildman–Crippen LogP) is 3.68. The van der Waals surface area contributed by atoms with Gasteiger partial charge in [0.25, 0.3) is 0 Å². The van der Waals surface area contributed by atoms with Crippen molar-refractivity contribution in [1.29, 1.82) is 0 Å². The van der Waals surface area contributed by atoms with Crippen LogP contribution in [0.1, 0.15) is 114 Å². The highest BCUT2D eigenvalue weighted by molar-refractivity contribution is 5.87. The van der Waals surface area contributed by atoms with E-state index in [2.05, 4.69) is 52.4 Å². The fraction of sp³-hybridized carbons (Fsp3) is 0.380. The molecule has 5 aliphatic heterocycles. The van der Waals surface area contributed by atoms with E-state index in [4.69, 9.17) is 38.4 Å². The molecule has 3 unspecified atom stereocenters. The van der Waals surface area contributed by atoms with E-state index in [0.717, 1.165) is 55.1 Å². The molecule has 8 bridgehead atoms. The third-order valence-corrected chi connectivity index (χ3v) is 16.8. The number of hydrogen-bond acceptors (Lipinski definition) is 20. The Bertz CT molecular complexity index is 3820. The predicted molar refractivity (Wildman–Crippen MR) is 341 cm³/mol. The van der Waals surface area contributed by atoms with Gasteiger partial charge in [-0.05, 0) is 140 Å². The second kappa shape index (κ2) is 30.2. The third kappa shape index (κ3) is 15.2. The number of hydrogen-bond donors (Lipinski definition) is 14. The lowest BCUT2D eigenvalue weighted by Gasteiger charge is -2.39. The summed E-state index contributed by atoms with van der Waals surface area (Å²) in [5.41, 5.74) is 9.32. The van der Waals surface area contributed by atoms with Gasteiger partial charge in [-0.15, -0.1) is 0 Å². The minimum Gasteiger partial charge on any atom is -0.462 e. The van der Waals surface area contributed by atoms with Gasteiger partial charge in [0.1, 0.15) is 90.5 Å². The molecule has 5 aliphatic rings. The SMILES string of the molecule is CCCCCCCCCc1c2ccc([nH]2)c(C#Cc2ccc(OC3O[C@H](CO)[C@@H](O)[C@H](O)[C@@H]3O)cc2)c2nc(c(C#Cc3ccc(OC4O[C@H](CO)[C@@H](O)[C@H](O)[C@@H]4O)cc3)c3nc(c(C#Cc4ccc(OC5O[C@H](CO)[C@@H](O)[C@H](O)[C@@H]5O)cc4)c4ccc1[nH]4)C=C3)C=C2. The van der Waals surface area contributed by atoms with Crippen molar-refractivity contribution in [3.8, 4) is 52.8 Å². The highest BCUT2D eigenvalue weighted by atomic mass is 16.7. The van der Waals surface area contributed by atoms with Crippen molar-refractivity contribution < 1.29 is 89.7 Å². The molecule has 8 heterocycles. The Morgan fingerprint density at radius 1 is 0.366 bits per heavy atom. The maximum atomic E-state index is 10.6. The Labute approximate surface area is 535 Å². The van der Waals surface area contributed by atoms with Crippen LogP contribution in [0.5, 0.6) is 17.2 Å². The number of aliphatic hydroxyl groups is 12. The molecular weight excluding hydrogens is 1200 g/mol. The molecule has 3 saturated heterocycles. The first-order chi connectivity index (χ1) is 45.1. The quantitative estimate of drug-likeness (QED) is 0.0457. The van der Waals surface area contributed by atoms with Gasteiger partial charge in [0.2, 0.25) is 18.9 Å². The number of ether oxygens (including phenoxy) is 6. The van der Waals surface area contributed by atoms with E-state index in [9.17, 15) is 61.3 Å². The van der Waals surface area contributed by atoms with Crippen molar-refractivity contribution in [1.82, 2.24) is 19.9 Å². The molecule has 0 amide bonds. The largest absolute Gasteiger partial charge is 0.462 e. The van der Waals surface area contributed by atoms with Crippen molar-refractivity contribution in [3.63, 3.8) is 0 Å². The number of H-pyrrole nitrogens is 2. The van der Waals surface area contributed by atoms with E-state index >= 15 is 0 Å². The van der Waals surface area contributed by atoms with Gasteiger partial charge in [-0.2, -0.15) is 0 Å². The Morgan fingerprint density at radius 2 is 0.677 bits per heavy atom. The summed E-state index contributed by atoms with van der Waals surface area (Å²) in [6, 6.07) is 27.9. The first-order valence-corrected chi connectivity index (χ1v) is 31.0. The van der Waals surface area contributed by atoms with Crippen LogP contribution in [0.3, 0.4) is 0 Å². The van der Waals surface area contributed by atoms with Gasteiger partial charge < -0.3 is 99.7 Å². The lowest BCUT2D eigenvalue weighted by atomic mass is 9.99. The summed E-state index contributed by atoms with van der Waals surface area (Å²) in [5.74, 6) is 20.7. The van der Waals surface area contributed by atoms with Gasteiger partial charge in [0.05, 0.1) is 70.3 Å². The number of benzene rings is 3. The molecule has 6 aromatic rings. The van der Waals surface area contributed by atoms with E-state index in [0.29, 0.717) is 67.2 Å². The van der Waals surface area contributed by atoms with Crippen molar-refractivity contribution in [2.45, 2.75) is 150 Å². The molecule has 14 N–H and O–H groups in total. The minimum atomic E-state index is -1.63. The second-order valence-corrected chi connectivity index (χ2v) is 23.2. The van der Waals surface area contributed by atoms with Crippen molar-refractivity contribution in [2.75, 3.05) is 19.8 Å². The zero-order valence-electron chi connectivity index (χ0n) is 50.7. The van der Waals surface area contributed by atoms with Crippen LogP contribution in [0.15, 0.2) is 97.1 Å². The molecule has 3 aromatic carbocycles. The van der Waals surface area contributed by atoms with Crippen LogP contribution in [0.2, 0.25) is 0 Å². The van der Waals surface area contributed by atoms with Crippen LogP contribution < -0.4 is 14.2 Å². The number of aromatic nitrogens is 4. The molecule has 486 valence electrons. The molecule has 22 nitrogen and oxygen atoms in total. The van der Waals surface area contributed by atoms with Gasteiger partial charge in [-0.25, -0.2) is 9.97 Å². The van der Waals surface area contributed by atoms with Crippen LogP contribution in [0.25, 0.3) is 46.4 Å². The van der Waals surface area contributed by atoms with E-state index in [1.807, 2.05) is 48.6 Å². The number of nitrogens with zero attached hydrogens (tertiary/aromatic N) is 2. The second-order valence-electron chi connectivity index (χ2n) is 23.2. The monoisotopic (exact) mass is 1270 g/mol. The average Bonchev–Trinajstić information content (AvgIpc) is 1.75. The van der Waals surface area contributed by atoms with E-state index in [1.54, 1.807) is 72.8 Å². The molecular formula is C71H74N4O18. The van der Waals surface area contributed by atoms with Gasteiger partial charge in [0, 0.05) is 27.7 Å². The first-order valence-electron chi connectivity index (χ1n) is 31.0. The van der Waals surface area contributed by atoms with Crippen LogP contribution in [-0.4, -0.2) is 193 Å². The smallest absolute Gasteiger partial charge is 0.229 e. The zero-order valence-corrected chi connectivity index (χ0v) is 50.7. The number of fused-ring (bicyclic) bond motifs is 8. The summed E-state index contributed by atoms with van der Waals surface area (Å²) in [4.78, 5) is 17.8. The summed E-state index contributed by atoms with van der Waals surface area (Å²) < 4.78 is 34.3. The maximum absolute atomic E-state index is 10.6. The minimum absolute atomic E-state index is 0.248. The molecule has 15 atom stereocenters. The zero-order chi connectivity index (χ0) is 65.3. The van der Waals surface area contributed by atoms with Crippen LogP contribution >= 0.6 is 0 Å². The fourth-order valence-electron chi connectivity index (χ4n) is 11.3. The van der Waals surface area contributed by atoms with E-state index in [1.165, 1.54) is 12.8 Å². The third-order valence-electron chi connectivity index (χ3n) is 16.8. The summed E-state index contributed by atoms with van der Waals surface area (Å²) >= 11 is 0. The Balaban J connectivity index is 1.01. The van der Waals surface area contributed by atoms with E-state index in [-0.39, 0.29) is 17.2 Å². The van der Waals surface area contributed by atoms with Crippen molar-refractivity contribution >= 4 is 46.4 Å². The number of aromatic amines is 2. The molecule has 0 spiro atoms. The topological polar surface area (TPSA) is 356 Å². The van der Waals surface area contributed by atoms with Crippen LogP contribution in [-0.2, 0) is 20.6 Å². The van der Waals surface area contributed by atoms with Gasteiger partial charge in [-0.1, -0.05) is 81.0 Å². The summed E-state index contributed by atoms with van der Waals surface area (Å²) in [6.07, 6.45) is -6.01. The highest BCUT2D eigenvalue weighted by Gasteiger charge is 2.47. The Morgan fingerprint density at radius 3 is 1.02 bits per heavy atom. The van der Waals surface area contributed by atoms with E-state index < -0.39 is 112 Å². The maximum Gasteiger partial charge on any atom is 0.229 e. The van der Waals surface area contributed by atoms with Gasteiger partial charge in [0.15, 0.2) is 0 Å². The number of rotatable bonds is 17. The fourth-order valence-corrected chi connectivity index (χ4v) is 11.3. The highest BCUT2D eigenvalue weighted by Crippen LogP contribution is 2.32. The summed E-state index contributed by atoms with van der Waals surface area (Å²) in [5, 5.41) is 123. The lowest BCUT2D eigenvalue weighted by molar-refractivity contribution is -0.277. The standard InChI is InChI=1S/C71H74N4O18/c1-2-3-4-5-6-7-8-9-45-49-28-30-51(72-49)46(25-16-39-10-19-42(20-11-39)88-69-66(85)63(82)60(79)57(36-76)91-69)53-32-34-55(74-53)48(27-18-41-14-23-44(24-15-41)90-71-68(87)65(84)62(81)59(38-78)93-71)56-35-33-54(75-56)47(52-31-29-50(45)73-52)26-17-40-12-21-43(22-13-40)89-70-67(86)64(83)61(80)58(37-77)92-70/h10-15,19-24,28-35,57-73,76-87H,2-9,36-38H2,1H3/t57-,58-,59-,60-,61-,62-,63+,64+,65+,66+,67+,68+,69?,70?,71?/m1/s1. The number of aliphatic hydroxyl groups excluding tert-OH is 12. The molecule has 3 fully saturated rings. The number of nitrogens with one attached hydrogen (secondary N) is 2. The molecule has 93 heavy (non-hydrogen) atoms. The molecule has 0 radical (unpaired) electrons. The molecule has 11 rings (SSSR count). The van der Waals surface area contributed by atoms with Crippen molar-refractivity contribution in [3.05, 3.63) is 159 Å². The first kappa shape index (κ1) is 66.2. The number of unbranched alkanes of at least 4 members (excludes halogenated alkanes) is 6. The van der Waals surface area contributed by atoms with Crippen molar-refractivity contribution in [2.24, 2.45) is 0 Å². The van der Waals surface area contributed by atoms with Gasteiger partial charge >= 0.3 is 0 Å². The Kier molecular flexibility index (Phi) is 21.5. The lowest BCUT2D eigenvalue weighted by Crippen LogP contribution is -2.60. The molecule has 22 heteroatoms. The Hall–Kier alpha value is -8.26. The normalized spacial score (nSPS) is 26.4. The van der Waals surface area contributed by atoms with Crippen LogP contribution in [0, 0.1) is 35.5 Å². The number of aryl methyl sites for hydroxylation is 1. The molecule has 0 aliphatic carbocycles. The van der Waals surface area contributed by atoms with Crippen LogP contribution in [0.4, 0.5) is 0 Å². The summed E-state index contributed by atoms with van der Waals surface area (Å²) in [6.45, 7) is 0.378. The summed E-state index contributed by atoms with van der Waals surface area (Å²) in [7, 11) is 0.